The number of rotatable bonds is 8. The van der Waals surface area contributed by atoms with Gasteiger partial charge >= 0.3 is 0 Å². The number of halogens is 2. The van der Waals surface area contributed by atoms with E-state index >= 15 is 0 Å². The highest BCUT2D eigenvalue weighted by molar-refractivity contribution is 5.85. The Morgan fingerprint density at radius 3 is 2.48 bits per heavy atom. The molecule has 1 amide bonds. The van der Waals surface area contributed by atoms with Crippen molar-refractivity contribution in [2.45, 2.75) is 38.6 Å². The monoisotopic (exact) mass is 415 g/mol. The molecule has 0 aromatic carbocycles. The number of amides is 1. The number of imidazole rings is 1. The number of unbranched alkanes of at least 4 members (excludes halogenated alkanes) is 3. The van der Waals surface area contributed by atoms with Gasteiger partial charge in [0, 0.05) is 51.5 Å². The molecule has 0 aliphatic carbocycles. The van der Waals surface area contributed by atoms with Gasteiger partial charge in [-0.25, -0.2) is 4.98 Å². The van der Waals surface area contributed by atoms with Crippen LogP contribution in [0.1, 0.15) is 37.8 Å². The first-order chi connectivity index (χ1) is 12.3. The normalized spacial score (nSPS) is 14.6. The Labute approximate surface area is 173 Å². The molecule has 0 bridgehead atoms. The first kappa shape index (κ1) is 23.7. The van der Waals surface area contributed by atoms with Crippen LogP contribution in [-0.2, 0) is 11.3 Å². The summed E-state index contributed by atoms with van der Waals surface area (Å²) in [6.07, 6.45) is 9.09. The number of aromatic nitrogens is 2. The summed E-state index contributed by atoms with van der Waals surface area (Å²) in [5.74, 6) is 0.306. The summed E-state index contributed by atoms with van der Waals surface area (Å²) in [6, 6.07) is 6.04. The molecule has 0 spiro atoms. The summed E-state index contributed by atoms with van der Waals surface area (Å²) in [6.45, 7) is 5.11. The molecule has 8 heteroatoms. The number of pyridine rings is 1. The minimum Gasteiger partial charge on any atom is -0.340 e. The van der Waals surface area contributed by atoms with Crippen LogP contribution in [0.3, 0.4) is 0 Å². The zero-order chi connectivity index (χ0) is 17.5. The second-order valence-corrected chi connectivity index (χ2v) is 6.81. The number of piperazine rings is 1. The highest BCUT2D eigenvalue weighted by Gasteiger charge is 2.21. The Balaban J connectivity index is 0.00000182. The molecular formula is C19H31Cl2N5O. The van der Waals surface area contributed by atoms with E-state index in [4.69, 9.17) is 5.73 Å². The van der Waals surface area contributed by atoms with Crippen LogP contribution < -0.4 is 5.73 Å². The van der Waals surface area contributed by atoms with Gasteiger partial charge in [-0.05, 0) is 31.5 Å². The van der Waals surface area contributed by atoms with Gasteiger partial charge < -0.3 is 15.0 Å². The number of carbonyl (C=O) groups excluding carboxylic acids is 1. The Morgan fingerprint density at radius 2 is 1.78 bits per heavy atom. The van der Waals surface area contributed by atoms with Crippen LogP contribution in [0.4, 0.5) is 0 Å². The minimum absolute atomic E-state index is 0. The standard InChI is InChI=1S/C19H29N5O.2ClH/c20-9-5-2-1-3-8-19(25)23-13-11-22(12-14-23)15-17-16-24-10-6-4-7-18(24)21-17;;/h4,6-7,10,16H,1-3,5,8-9,11-15,20H2;2*1H. The van der Waals surface area contributed by atoms with Gasteiger partial charge in [-0.15, -0.1) is 24.8 Å². The Kier molecular flexibility index (Phi) is 10.7. The number of carbonyl (C=O) groups is 1. The maximum atomic E-state index is 12.3. The van der Waals surface area contributed by atoms with E-state index in [-0.39, 0.29) is 24.8 Å². The van der Waals surface area contributed by atoms with Gasteiger partial charge in [0.25, 0.3) is 0 Å². The molecule has 2 aromatic rings. The van der Waals surface area contributed by atoms with Gasteiger partial charge in [0.05, 0.1) is 5.69 Å². The lowest BCUT2D eigenvalue weighted by Crippen LogP contribution is -2.48. The molecule has 3 rings (SSSR count). The van der Waals surface area contributed by atoms with Gasteiger partial charge in [-0.3, -0.25) is 9.69 Å². The van der Waals surface area contributed by atoms with Crippen molar-refractivity contribution in [3.63, 3.8) is 0 Å². The van der Waals surface area contributed by atoms with E-state index in [1.807, 2.05) is 29.3 Å². The summed E-state index contributed by atoms with van der Waals surface area (Å²) < 4.78 is 2.06. The van der Waals surface area contributed by atoms with Crippen LogP contribution in [0.25, 0.3) is 5.65 Å². The lowest BCUT2D eigenvalue weighted by atomic mass is 10.1. The van der Waals surface area contributed by atoms with Gasteiger partial charge in [0.15, 0.2) is 0 Å². The van der Waals surface area contributed by atoms with Gasteiger partial charge in [-0.1, -0.05) is 18.9 Å². The first-order valence-electron chi connectivity index (χ1n) is 9.39. The van der Waals surface area contributed by atoms with E-state index in [1.165, 1.54) is 0 Å². The fourth-order valence-electron chi connectivity index (χ4n) is 3.38. The summed E-state index contributed by atoms with van der Waals surface area (Å²) >= 11 is 0. The van der Waals surface area contributed by atoms with Crippen molar-refractivity contribution < 1.29 is 4.79 Å². The molecule has 1 fully saturated rings. The van der Waals surface area contributed by atoms with Crippen molar-refractivity contribution in [1.29, 1.82) is 0 Å². The maximum Gasteiger partial charge on any atom is 0.222 e. The second-order valence-electron chi connectivity index (χ2n) is 6.81. The van der Waals surface area contributed by atoms with Crippen LogP contribution in [0.5, 0.6) is 0 Å². The van der Waals surface area contributed by atoms with E-state index in [2.05, 4.69) is 20.5 Å². The number of hydrogen-bond acceptors (Lipinski definition) is 4. The van der Waals surface area contributed by atoms with Crippen molar-refractivity contribution in [2.24, 2.45) is 5.73 Å². The zero-order valence-corrected chi connectivity index (χ0v) is 17.4. The number of nitrogens with zero attached hydrogens (tertiary/aromatic N) is 4. The molecule has 2 N–H and O–H groups in total. The Bertz CT molecular complexity index is 653. The van der Waals surface area contributed by atoms with Crippen LogP contribution in [-0.4, -0.2) is 57.8 Å². The topological polar surface area (TPSA) is 66.9 Å². The molecule has 0 atom stereocenters. The molecule has 0 radical (unpaired) electrons. The molecule has 1 aliphatic rings. The molecule has 27 heavy (non-hydrogen) atoms. The van der Waals surface area contributed by atoms with Crippen molar-refractivity contribution >= 4 is 36.4 Å². The van der Waals surface area contributed by atoms with Gasteiger partial charge in [0.2, 0.25) is 5.91 Å². The molecule has 3 heterocycles. The second kappa shape index (κ2) is 12.2. The summed E-state index contributed by atoms with van der Waals surface area (Å²) in [5.41, 5.74) is 7.57. The quantitative estimate of drug-likeness (QED) is 0.672. The molecule has 1 saturated heterocycles. The zero-order valence-electron chi connectivity index (χ0n) is 15.8. The SMILES string of the molecule is Cl.Cl.NCCCCCCC(=O)N1CCN(Cc2cn3ccccc3n2)CC1. The molecule has 1 aliphatic heterocycles. The molecule has 2 aromatic heterocycles. The third kappa shape index (κ3) is 6.96. The fourth-order valence-corrected chi connectivity index (χ4v) is 3.38. The number of nitrogens with two attached hydrogens (primary N) is 1. The average Bonchev–Trinajstić information content (AvgIpc) is 3.04. The highest BCUT2D eigenvalue weighted by Crippen LogP contribution is 2.12. The van der Waals surface area contributed by atoms with Crippen molar-refractivity contribution in [2.75, 3.05) is 32.7 Å². The Hall–Kier alpha value is -1.34. The molecule has 152 valence electrons. The van der Waals surface area contributed by atoms with E-state index in [0.29, 0.717) is 12.3 Å². The molecule has 6 nitrogen and oxygen atoms in total. The van der Waals surface area contributed by atoms with E-state index in [0.717, 1.165) is 76.3 Å². The lowest BCUT2D eigenvalue weighted by Gasteiger charge is -2.34. The van der Waals surface area contributed by atoms with Crippen molar-refractivity contribution in [3.05, 3.63) is 36.3 Å². The highest BCUT2D eigenvalue weighted by atomic mass is 35.5. The van der Waals surface area contributed by atoms with Crippen molar-refractivity contribution in [1.82, 2.24) is 19.2 Å². The average molecular weight is 416 g/mol. The molecule has 0 saturated carbocycles. The summed E-state index contributed by atoms with van der Waals surface area (Å²) in [7, 11) is 0. The molecular weight excluding hydrogens is 385 g/mol. The van der Waals surface area contributed by atoms with Crippen molar-refractivity contribution in [3.8, 4) is 0 Å². The van der Waals surface area contributed by atoms with E-state index < -0.39 is 0 Å². The number of hydrogen-bond donors (Lipinski definition) is 1. The predicted molar refractivity (Wildman–Crippen MR) is 114 cm³/mol. The summed E-state index contributed by atoms with van der Waals surface area (Å²) in [5, 5.41) is 0. The predicted octanol–water partition coefficient (Wildman–Crippen LogP) is 2.73. The lowest BCUT2D eigenvalue weighted by molar-refractivity contribution is -0.133. The smallest absolute Gasteiger partial charge is 0.222 e. The first-order valence-corrected chi connectivity index (χ1v) is 9.39. The fraction of sp³-hybridized carbons (Fsp3) is 0.579. The maximum absolute atomic E-state index is 12.3. The van der Waals surface area contributed by atoms with Crippen LogP contribution in [0.15, 0.2) is 30.6 Å². The van der Waals surface area contributed by atoms with Crippen LogP contribution in [0, 0.1) is 0 Å². The van der Waals surface area contributed by atoms with E-state index in [9.17, 15) is 4.79 Å². The van der Waals surface area contributed by atoms with Gasteiger partial charge in [0.1, 0.15) is 5.65 Å². The summed E-state index contributed by atoms with van der Waals surface area (Å²) in [4.78, 5) is 21.3. The van der Waals surface area contributed by atoms with Crippen LogP contribution >= 0.6 is 24.8 Å². The molecule has 0 unspecified atom stereocenters. The largest absolute Gasteiger partial charge is 0.340 e. The third-order valence-electron chi connectivity index (χ3n) is 4.87. The van der Waals surface area contributed by atoms with Gasteiger partial charge in [-0.2, -0.15) is 0 Å². The Morgan fingerprint density at radius 1 is 1.04 bits per heavy atom. The minimum atomic E-state index is 0. The number of fused-ring (bicyclic) bond motifs is 1. The third-order valence-corrected chi connectivity index (χ3v) is 4.87. The van der Waals surface area contributed by atoms with E-state index in [1.54, 1.807) is 0 Å². The van der Waals surface area contributed by atoms with Crippen LogP contribution in [0.2, 0.25) is 0 Å².